The lowest BCUT2D eigenvalue weighted by atomic mass is 10.1. The third-order valence-electron chi connectivity index (χ3n) is 2.44. The highest BCUT2D eigenvalue weighted by Gasteiger charge is 2.23. The van der Waals surface area contributed by atoms with E-state index < -0.39 is 0 Å². The molecule has 15 heavy (non-hydrogen) atoms. The van der Waals surface area contributed by atoms with Crippen molar-refractivity contribution in [2.24, 2.45) is 0 Å². The molecule has 2 rings (SSSR count). The second-order valence-corrected chi connectivity index (χ2v) is 3.88. The molecule has 1 aromatic carbocycles. The van der Waals surface area contributed by atoms with E-state index in [0.717, 1.165) is 24.0 Å². The fraction of sp³-hybridized carbons (Fsp3) is 0.417. The van der Waals surface area contributed by atoms with Gasteiger partial charge in [0.25, 0.3) is 5.91 Å². The fourth-order valence-electron chi connectivity index (χ4n) is 1.42. The van der Waals surface area contributed by atoms with E-state index in [4.69, 9.17) is 4.74 Å². The first-order valence-electron chi connectivity index (χ1n) is 5.18. The lowest BCUT2D eigenvalue weighted by Crippen LogP contribution is -2.25. The van der Waals surface area contributed by atoms with Crippen LogP contribution < -0.4 is 5.32 Å². The predicted molar refractivity (Wildman–Crippen MR) is 57.6 cm³/mol. The molecular weight excluding hydrogens is 190 g/mol. The van der Waals surface area contributed by atoms with Gasteiger partial charge in [-0.25, -0.2) is 0 Å². The van der Waals surface area contributed by atoms with E-state index in [2.05, 4.69) is 5.32 Å². The van der Waals surface area contributed by atoms with Crippen LogP contribution in [-0.4, -0.2) is 19.1 Å². The van der Waals surface area contributed by atoms with Crippen LogP contribution in [0.25, 0.3) is 0 Å². The van der Waals surface area contributed by atoms with Gasteiger partial charge in [0.05, 0.1) is 6.61 Å². The van der Waals surface area contributed by atoms with Gasteiger partial charge in [0, 0.05) is 18.7 Å². The molecule has 1 amide bonds. The van der Waals surface area contributed by atoms with Gasteiger partial charge < -0.3 is 10.1 Å². The van der Waals surface area contributed by atoms with Crippen molar-refractivity contribution in [2.45, 2.75) is 25.5 Å². The molecule has 0 spiro atoms. The number of nitrogens with one attached hydrogen (secondary N) is 1. The number of amides is 1. The summed E-state index contributed by atoms with van der Waals surface area (Å²) in [5.41, 5.74) is 1.81. The molecule has 0 radical (unpaired) electrons. The molecule has 0 bridgehead atoms. The first-order chi connectivity index (χ1) is 7.29. The molecule has 1 aliphatic carbocycles. The Hall–Kier alpha value is -1.35. The number of methoxy groups -OCH3 is 1. The van der Waals surface area contributed by atoms with Crippen molar-refractivity contribution < 1.29 is 9.53 Å². The summed E-state index contributed by atoms with van der Waals surface area (Å²) in [4.78, 5) is 11.6. The van der Waals surface area contributed by atoms with Gasteiger partial charge in [0.15, 0.2) is 0 Å². The molecule has 3 heteroatoms. The minimum Gasteiger partial charge on any atom is -0.380 e. The summed E-state index contributed by atoms with van der Waals surface area (Å²) in [6.07, 6.45) is 2.24. The molecule has 0 aromatic heterocycles. The quantitative estimate of drug-likeness (QED) is 0.812. The Kier molecular flexibility index (Phi) is 3.02. The summed E-state index contributed by atoms with van der Waals surface area (Å²) in [6.45, 7) is 0.588. The van der Waals surface area contributed by atoms with Crippen molar-refractivity contribution in [1.29, 1.82) is 0 Å². The van der Waals surface area contributed by atoms with Crippen LogP contribution in [0.3, 0.4) is 0 Å². The second-order valence-electron chi connectivity index (χ2n) is 3.88. The van der Waals surface area contributed by atoms with Crippen LogP contribution in [0, 0.1) is 0 Å². The topological polar surface area (TPSA) is 38.3 Å². The number of hydrogen-bond donors (Lipinski definition) is 1. The highest BCUT2D eigenvalue weighted by atomic mass is 16.5. The summed E-state index contributed by atoms with van der Waals surface area (Å²) in [5.74, 6) is 0.0291. The van der Waals surface area contributed by atoms with Crippen molar-refractivity contribution in [1.82, 2.24) is 5.32 Å². The normalized spacial score (nSPS) is 15.0. The monoisotopic (exact) mass is 205 g/mol. The molecule has 0 heterocycles. The summed E-state index contributed by atoms with van der Waals surface area (Å²) >= 11 is 0. The standard InChI is InChI=1S/C12H15NO2/c1-15-8-9-2-4-10(5-3-9)12(14)13-11-6-7-11/h2-5,11H,6-8H2,1H3,(H,13,14). The summed E-state index contributed by atoms with van der Waals surface area (Å²) in [5, 5.41) is 2.95. The van der Waals surface area contributed by atoms with Crippen LogP contribution in [0.2, 0.25) is 0 Å². The van der Waals surface area contributed by atoms with Gasteiger partial charge in [0.2, 0.25) is 0 Å². The van der Waals surface area contributed by atoms with Gasteiger partial charge in [-0.15, -0.1) is 0 Å². The van der Waals surface area contributed by atoms with Crippen molar-refractivity contribution in [2.75, 3.05) is 7.11 Å². The first-order valence-corrected chi connectivity index (χ1v) is 5.18. The van der Waals surface area contributed by atoms with Crippen molar-refractivity contribution in [3.63, 3.8) is 0 Å². The molecule has 3 nitrogen and oxygen atoms in total. The fourth-order valence-corrected chi connectivity index (χ4v) is 1.42. The zero-order valence-electron chi connectivity index (χ0n) is 8.82. The third-order valence-corrected chi connectivity index (χ3v) is 2.44. The number of hydrogen-bond acceptors (Lipinski definition) is 2. The average molecular weight is 205 g/mol. The lowest BCUT2D eigenvalue weighted by Gasteiger charge is -2.04. The Balaban J connectivity index is 1.98. The highest BCUT2D eigenvalue weighted by Crippen LogP contribution is 2.19. The average Bonchev–Trinajstić information content (AvgIpc) is 3.03. The van der Waals surface area contributed by atoms with Crippen molar-refractivity contribution in [3.05, 3.63) is 35.4 Å². The van der Waals surface area contributed by atoms with Crippen LogP contribution in [0.4, 0.5) is 0 Å². The third kappa shape index (κ3) is 2.80. The Labute approximate surface area is 89.4 Å². The van der Waals surface area contributed by atoms with Crippen LogP contribution >= 0.6 is 0 Å². The largest absolute Gasteiger partial charge is 0.380 e. The Morgan fingerprint density at radius 3 is 2.60 bits per heavy atom. The summed E-state index contributed by atoms with van der Waals surface area (Å²) in [6, 6.07) is 7.94. The number of carbonyl (C=O) groups excluding carboxylic acids is 1. The molecule has 1 aromatic rings. The van der Waals surface area contributed by atoms with E-state index in [0.29, 0.717) is 12.6 Å². The SMILES string of the molecule is COCc1ccc(C(=O)NC2CC2)cc1. The summed E-state index contributed by atoms with van der Waals surface area (Å²) < 4.78 is 5.00. The molecule has 0 atom stereocenters. The molecule has 0 unspecified atom stereocenters. The maximum Gasteiger partial charge on any atom is 0.251 e. The van der Waals surface area contributed by atoms with E-state index in [1.165, 1.54) is 0 Å². The zero-order chi connectivity index (χ0) is 10.7. The molecule has 80 valence electrons. The van der Waals surface area contributed by atoms with E-state index in [9.17, 15) is 4.79 Å². The van der Waals surface area contributed by atoms with E-state index in [-0.39, 0.29) is 5.91 Å². The molecular formula is C12H15NO2. The maximum atomic E-state index is 11.6. The zero-order valence-corrected chi connectivity index (χ0v) is 8.82. The van der Waals surface area contributed by atoms with Crippen LogP contribution in [0.5, 0.6) is 0 Å². The Morgan fingerprint density at radius 2 is 2.07 bits per heavy atom. The van der Waals surface area contributed by atoms with E-state index in [1.807, 2.05) is 24.3 Å². The highest BCUT2D eigenvalue weighted by molar-refractivity contribution is 5.94. The maximum absolute atomic E-state index is 11.6. The molecule has 1 saturated carbocycles. The predicted octanol–water partition coefficient (Wildman–Crippen LogP) is 1.73. The molecule has 1 aliphatic rings. The molecule has 0 aliphatic heterocycles. The molecule has 0 saturated heterocycles. The van der Waals surface area contributed by atoms with Crippen molar-refractivity contribution in [3.8, 4) is 0 Å². The lowest BCUT2D eigenvalue weighted by molar-refractivity contribution is 0.0951. The Bertz CT molecular complexity index is 341. The number of benzene rings is 1. The minimum absolute atomic E-state index is 0.0291. The number of ether oxygens (including phenoxy) is 1. The van der Waals surface area contributed by atoms with Crippen LogP contribution in [0.15, 0.2) is 24.3 Å². The Morgan fingerprint density at radius 1 is 1.40 bits per heavy atom. The van der Waals surface area contributed by atoms with Gasteiger partial charge in [-0.05, 0) is 30.5 Å². The second kappa shape index (κ2) is 4.45. The van der Waals surface area contributed by atoms with Crippen LogP contribution in [-0.2, 0) is 11.3 Å². The van der Waals surface area contributed by atoms with Crippen LogP contribution in [0.1, 0.15) is 28.8 Å². The van der Waals surface area contributed by atoms with Gasteiger partial charge in [0.1, 0.15) is 0 Å². The van der Waals surface area contributed by atoms with Crippen molar-refractivity contribution >= 4 is 5.91 Å². The minimum atomic E-state index is 0.0291. The first kappa shape index (κ1) is 10.2. The molecule has 1 N–H and O–H groups in total. The molecule has 1 fully saturated rings. The van der Waals surface area contributed by atoms with E-state index >= 15 is 0 Å². The summed E-state index contributed by atoms with van der Waals surface area (Å²) in [7, 11) is 1.66. The smallest absolute Gasteiger partial charge is 0.251 e. The number of rotatable bonds is 4. The number of carbonyl (C=O) groups is 1. The van der Waals surface area contributed by atoms with Gasteiger partial charge in [-0.2, -0.15) is 0 Å². The van der Waals surface area contributed by atoms with E-state index in [1.54, 1.807) is 7.11 Å². The van der Waals surface area contributed by atoms with Gasteiger partial charge in [-0.3, -0.25) is 4.79 Å². The van der Waals surface area contributed by atoms with Gasteiger partial charge >= 0.3 is 0 Å². The van der Waals surface area contributed by atoms with Gasteiger partial charge in [-0.1, -0.05) is 12.1 Å².